The van der Waals surface area contributed by atoms with Crippen LogP contribution in [0.1, 0.15) is 32.6 Å². The van der Waals surface area contributed by atoms with Gasteiger partial charge in [-0.1, -0.05) is 52.0 Å². The number of nitrogens with zero attached hydrogens (tertiary/aromatic N) is 2. The highest BCUT2D eigenvalue weighted by Crippen LogP contribution is 2.29. The first-order valence-electron chi connectivity index (χ1n) is 7.05. The minimum absolute atomic E-state index is 0.392. The summed E-state index contributed by atoms with van der Waals surface area (Å²) in [7, 11) is 0. The van der Waals surface area contributed by atoms with Gasteiger partial charge >= 0.3 is 5.97 Å². The Hall–Kier alpha value is -1.95. The van der Waals surface area contributed by atoms with Crippen molar-refractivity contribution in [3.8, 4) is 0 Å². The van der Waals surface area contributed by atoms with Crippen LogP contribution in [0.3, 0.4) is 0 Å². The maximum Gasteiger partial charge on any atom is 0.352 e. The molecule has 24 heavy (non-hydrogen) atoms. The first kappa shape index (κ1) is 16.9. The molecule has 0 atom stereocenters. The fourth-order valence-electron chi connectivity index (χ4n) is 2.18. The van der Waals surface area contributed by atoms with Gasteiger partial charge in [-0.3, -0.25) is 0 Å². The Bertz CT molecular complexity index is 802. The van der Waals surface area contributed by atoms with Crippen LogP contribution < -0.4 is 0 Å². The molecule has 0 N–H and O–H groups in total. The van der Waals surface area contributed by atoms with Crippen molar-refractivity contribution in [3.05, 3.63) is 80.3 Å². The lowest BCUT2D eigenvalue weighted by atomic mass is 10.0. The van der Waals surface area contributed by atoms with Crippen molar-refractivity contribution in [2.24, 2.45) is 0 Å². The molecule has 0 amide bonds. The summed E-state index contributed by atoms with van der Waals surface area (Å²) in [6.07, 6.45) is -0.575. The topological polar surface area (TPSA) is 52.1 Å². The Morgan fingerprint density at radius 3 is 1.92 bits per heavy atom. The molecule has 4 nitrogen and oxygen atoms in total. The van der Waals surface area contributed by atoms with Crippen LogP contribution in [-0.4, -0.2) is 15.6 Å². The third-order valence-corrected chi connectivity index (χ3v) is 4.72. The second-order valence-electron chi connectivity index (χ2n) is 5.08. The second kappa shape index (κ2) is 7.30. The number of hydrogen-bond donors (Lipinski definition) is 0. The van der Waals surface area contributed by atoms with Gasteiger partial charge in [0.2, 0.25) is 0 Å². The molecular weight excluding hydrogens is 367 g/mol. The lowest BCUT2D eigenvalue weighted by molar-refractivity contribution is 0.0383. The molecule has 0 bridgehead atoms. The minimum atomic E-state index is -0.575. The van der Waals surface area contributed by atoms with Gasteiger partial charge in [0, 0.05) is 10.0 Å². The molecule has 0 saturated heterocycles. The lowest BCUT2D eigenvalue weighted by Gasteiger charge is -2.18. The van der Waals surface area contributed by atoms with E-state index in [1.165, 1.54) is 0 Å². The normalized spacial score (nSPS) is 10.8. The number of aryl methyl sites for hydroxylation is 1. The van der Waals surface area contributed by atoms with Crippen molar-refractivity contribution in [1.82, 2.24) is 9.59 Å². The first-order valence-corrected chi connectivity index (χ1v) is 8.58. The summed E-state index contributed by atoms with van der Waals surface area (Å²) in [5, 5.41) is 5.07. The van der Waals surface area contributed by atoms with Crippen LogP contribution in [0.5, 0.6) is 0 Å². The number of carbonyl (C=O) groups is 1. The monoisotopic (exact) mass is 378 g/mol. The van der Waals surface area contributed by atoms with E-state index in [1.807, 2.05) is 24.3 Å². The first-order chi connectivity index (χ1) is 11.5. The third kappa shape index (κ3) is 3.75. The fraction of sp³-hybridized carbons (Fsp3) is 0.118. The molecule has 0 radical (unpaired) electrons. The Balaban J connectivity index is 1.95. The average molecular weight is 379 g/mol. The predicted molar refractivity (Wildman–Crippen MR) is 94.8 cm³/mol. The molecule has 3 rings (SSSR count). The number of aromatic nitrogens is 2. The van der Waals surface area contributed by atoms with Gasteiger partial charge in [-0.25, -0.2) is 4.79 Å². The molecule has 0 aliphatic heterocycles. The van der Waals surface area contributed by atoms with Gasteiger partial charge in [0.1, 0.15) is 0 Å². The number of hydrogen-bond acceptors (Lipinski definition) is 5. The summed E-state index contributed by atoms with van der Waals surface area (Å²) in [5.74, 6) is -0.461. The molecule has 1 aromatic heterocycles. The number of halogens is 2. The maximum atomic E-state index is 12.5. The standard InChI is InChI=1S/C17H12Cl2N2O2S/c1-10-16(24-21-20-10)17(22)23-15(11-2-6-13(18)7-3-11)12-4-8-14(19)9-5-12/h2-9,15H,1H3. The smallest absolute Gasteiger partial charge is 0.352 e. The Morgan fingerprint density at radius 1 is 1.00 bits per heavy atom. The van der Waals surface area contributed by atoms with Gasteiger partial charge in [-0.05, 0) is 53.8 Å². The SMILES string of the molecule is Cc1nnsc1C(=O)OC(c1ccc(Cl)cc1)c1ccc(Cl)cc1. The highest BCUT2D eigenvalue weighted by Gasteiger charge is 2.23. The molecule has 0 saturated carbocycles. The number of ether oxygens (including phenoxy) is 1. The highest BCUT2D eigenvalue weighted by atomic mass is 35.5. The minimum Gasteiger partial charge on any atom is -0.448 e. The van der Waals surface area contributed by atoms with Crippen LogP contribution in [0.25, 0.3) is 0 Å². The Labute approximate surface area is 153 Å². The van der Waals surface area contributed by atoms with E-state index >= 15 is 0 Å². The molecule has 0 unspecified atom stereocenters. The van der Waals surface area contributed by atoms with Gasteiger partial charge in [0.15, 0.2) is 11.0 Å². The lowest BCUT2D eigenvalue weighted by Crippen LogP contribution is -2.13. The molecule has 0 aliphatic rings. The second-order valence-corrected chi connectivity index (χ2v) is 6.70. The van der Waals surface area contributed by atoms with Gasteiger partial charge < -0.3 is 4.74 Å². The number of benzene rings is 2. The number of rotatable bonds is 4. The van der Waals surface area contributed by atoms with E-state index in [9.17, 15) is 4.79 Å². The Kier molecular flexibility index (Phi) is 5.14. The van der Waals surface area contributed by atoms with Crippen molar-refractivity contribution < 1.29 is 9.53 Å². The van der Waals surface area contributed by atoms with Crippen LogP contribution in [0.4, 0.5) is 0 Å². The summed E-state index contributed by atoms with van der Waals surface area (Å²) in [5.41, 5.74) is 2.17. The van der Waals surface area contributed by atoms with E-state index in [0.29, 0.717) is 20.6 Å². The summed E-state index contributed by atoms with van der Waals surface area (Å²) in [6, 6.07) is 14.3. The van der Waals surface area contributed by atoms with Gasteiger partial charge in [-0.15, -0.1) is 5.10 Å². The van der Waals surface area contributed by atoms with Gasteiger partial charge in [0.05, 0.1) is 5.69 Å². The van der Waals surface area contributed by atoms with E-state index in [4.69, 9.17) is 27.9 Å². The van der Waals surface area contributed by atoms with Crippen molar-refractivity contribution in [1.29, 1.82) is 0 Å². The number of carbonyl (C=O) groups excluding carboxylic acids is 1. The zero-order valence-corrected chi connectivity index (χ0v) is 14.9. The fourth-order valence-corrected chi connectivity index (χ4v) is 2.98. The zero-order chi connectivity index (χ0) is 17.1. The molecule has 0 fully saturated rings. The number of esters is 1. The largest absolute Gasteiger partial charge is 0.448 e. The predicted octanol–water partition coefficient (Wildman–Crippen LogP) is 5.10. The van der Waals surface area contributed by atoms with Crippen molar-refractivity contribution in [2.75, 3.05) is 0 Å². The molecule has 2 aromatic carbocycles. The summed E-state index contributed by atoms with van der Waals surface area (Å²) in [4.78, 5) is 12.9. The Morgan fingerprint density at radius 2 is 1.50 bits per heavy atom. The van der Waals surface area contributed by atoms with Crippen molar-refractivity contribution in [2.45, 2.75) is 13.0 Å². The molecule has 7 heteroatoms. The molecular formula is C17H12Cl2N2O2S. The maximum absolute atomic E-state index is 12.5. The van der Waals surface area contributed by atoms with E-state index < -0.39 is 12.1 Å². The average Bonchev–Trinajstić information content (AvgIpc) is 3.01. The molecule has 0 aliphatic carbocycles. The highest BCUT2D eigenvalue weighted by molar-refractivity contribution is 7.07. The van der Waals surface area contributed by atoms with Crippen LogP contribution in [0.15, 0.2) is 48.5 Å². The van der Waals surface area contributed by atoms with Crippen LogP contribution in [0, 0.1) is 6.92 Å². The van der Waals surface area contributed by atoms with Gasteiger partial charge in [0.25, 0.3) is 0 Å². The van der Waals surface area contributed by atoms with Crippen molar-refractivity contribution >= 4 is 40.7 Å². The van der Waals surface area contributed by atoms with E-state index in [0.717, 1.165) is 22.7 Å². The van der Waals surface area contributed by atoms with E-state index in [-0.39, 0.29) is 0 Å². The molecule has 0 spiro atoms. The summed E-state index contributed by atoms with van der Waals surface area (Å²) in [6.45, 7) is 1.72. The van der Waals surface area contributed by atoms with Gasteiger partial charge in [-0.2, -0.15) is 0 Å². The molecule has 122 valence electrons. The van der Waals surface area contributed by atoms with E-state index in [2.05, 4.69) is 9.59 Å². The summed E-state index contributed by atoms with van der Waals surface area (Å²) < 4.78 is 9.51. The molecule has 1 heterocycles. The quantitative estimate of drug-likeness (QED) is 0.592. The van der Waals surface area contributed by atoms with Crippen LogP contribution >= 0.6 is 34.7 Å². The van der Waals surface area contributed by atoms with Crippen LogP contribution in [0.2, 0.25) is 10.0 Å². The summed E-state index contributed by atoms with van der Waals surface area (Å²) >= 11 is 12.9. The molecule has 3 aromatic rings. The van der Waals surface area contributed by atoms with Crippen molar-refractivity contribution in [3.63, 3.8) is 0 Å². The van der Waals surface area contributed by atoms with E-state index in [1.54, 1.807) is 31.2 Å². The zero-order valence-electron chi connectivity index (χ0n) is 12.6. The third-order valence-electron chi connectivity index (χ3n) is 3.41. The van der Waals surface area contributed by atoms with Crippen LogP contribution in [-0.2, 0) is 4.74 Å².